The molecule has 0 saturated carbocycles. The number of nitrogens with zero attached hydrogens (tertiary/aromatic N) is 3. The number of rotatable bonds is 4. The minimum Gasteiger partial charge on any atom is -0.356 e. The highest BCUT2D eigenvalue weighted by Gasteiger charge is 2.21. The van der Waals surface area contributed by atoms with Crippen molar-refractivity contribution in [1.29, 1.82) is 0 Å². The van der Waals surface area contributed by atoms with Gasteiger partial charge < -0.3 is 15.5 Å². The van der Waals surface area contributed by atoms with E-state index < -0.39 is 0 Å². The van der Waals surface area contributed by atoms with Gasteiger partial charge in [0.1, 0.15) is 5.82 Å². The molecular formula is C15H26N4. The number of hydrogen-bond acceptors (Lipinski definition) is 4. The van der Waals surface area contributed by atoms with E-state index in [1.54, 1.807) is 0 Å². The van der Waals surface area contributed by atoms with Gasteiger partial charge in [0, 0.05) is 31.4 Å². The van der Waals surface area contributed by atoms with E-state index in [0.29, 0.717) is 12.6 Å². The minimum absolute atomic E-state index is 0.594. The molecule has 0 atom stereocenters. The minimum atomic E-state index is 0.594. The maximum absolute atomic E-state index is 5.78. The van der Waals surface area contributed by atoms with Crippen LogP contribution >= 0.6 is 0 Å². The van der Waals surface area contributed by atoms with E-state index in [9.17, 15) is 0 Å². The largest absolute Gasteiger partial charge is 0.356 e. The van der Waals surface area contributed by atoms with Crippen molar-refractivity contribution in [2.75, 3.05) is 32.1 Å². The number of hydrogen-bond donors (Lipinski definition) is 1. The summed E-state index contributed by atoms with van der Waals surface area (Å²) >= 11 is 0. The van der Waals surface area contributed by atoms with Crippen molar-refractivity contribution < 1.29 is 0 Å². The molecule has 1 aliphatic rings. The van der Waals surface area contributed by atoms with Crippen LogP contribution in [0.3, 0.4) is 0 Å². The third-order valence-electron chi connectivity index (χ3n) is 4.04. The number of aryl methyl sites for hydroxylation is 1. The van der Waals surface area contributed by atoms with Crippen LogP contribution in [0.2, 0.25) is 0 Å². The van der Waals surface area contributed by atoms with Crippen molar-refractivity contribution in [3.63, 3.8) is 0 Å². The maximum Gasteiger partial charge on any atom is 0.129 e. The summed E-state index contributed by atoms with van der Waals surface area (Å²) in [6.07, 6.45) is 3.39. The average Bonchev–Trinajstić information content (AvgIpc) is 2.46. The average molecular weight is 262 g/mol. The number of piperidine rings is 1. The Labute approximate surface area is 116 Å². The SMILES string of the molecule is CCc1cc(CN)cc(N2CCC(N(C)C)CC2)n1. The van der Waals surface area contributed by atoms with Gasteiger partial charge in [0.15, 0.2) is 0 Å². The first-order chi connectivity index (χ1) is 9.13. The smallest absolute Gasteiger partial charge is 0.129 e. The van der Waals surface area contributed by atoms with Gasteiger partial charge in [-0.25, -0.2) is 4.98 Å². The quantitative estimate of drug-likeness (QED) is 0.896. The fourth-order valence-corrected chi connectivity index (χ4v) is 2.71. The molecule has 1 aromatic heterocycles. The summed E-state index contributed by atoms with van der Waals surface area (Å²) in [4.78, 5) is 9.48. The zero-order valence-corrected chi connectivity index (χ0v) is 12.4. The van der Waals surface area contributed by atoms with Crippen LogP contribution in [-0.4, -0.2) is 43.1 Å². The van der Waals surface area contributed by atoms with Crippen LogP contribution in [0.5, 0.6) is 0 Å². The Kier molecular flexibility index (Phi) is 4.77. The van der Waals surface area contributed by atoms with Gasteiger partial charge in [0.05, 0.1) is 0 Å². The van der Waals surface area contributed by atoms with Crippen LogP contribution in [-0.2, 0) is 13.0 Å². The van der Waals surface area contributed by atoms with E-state index in [4.69, 9.17) is 10.7 Å². The van der Waals surface area contributed by atoms with E-state index in [-0.39, 0.29) is 0 Å². The molecule has 19 heavy (non-hydrogen) atoms. The zero-order chi connectivity index (χ0) is 13.8. The summed E-state index contributed by atoms with van der Waals surface area (Å²) < 4.78 is 0. The molecule has 0 bridgehead atoms. The predicted molar refractivity (Wildman–Crippen MR) is 80.4 cm³/mol. The third-order valence-corrected chi connectivity index (χ3v) is 4.04. The molecule has 0 unspecified atom stereocenters. The molecule has 1 aliphatic heterocycles. The summed E-state index contributed by atoms with van der Waals surface area (Å²) in [7, 11) is 4.34. The number of anilines is 1. The van der Waals surface area contributed by atoms with Crippen molar-refractivity contribution in [3.05, 3.63) is 23.4 Å². The molecule has 106 valence electrons. The molecule has 2 N–H and O–H groups in total. The molecule has 1 aromatic rings. The van der Waals surface area contributed by atoms with Gasteiger partial charge in [-0.2, -0.15) is 0 Å². The lowest BCUT2D eigenvalue weighted by molar-refractivity contribution is 0.249. The topological polar surface area (TPSA) is 45.4 Å². The molecule has 1 saturated heterocycles. The molecule has 2 heterocycles. The van der Waals surface area contributed by atoms with Gasteiger partial charge in [0.25, 0.3) is 0 Å². The molecular weight excluding hydrogens is 236 g/mol. The lowest BCUT2D eigenvalue weighted by Gasteiger charge is -2.36. The Morgan fingerprint density at radius 1 is 1.32 bits per heavy atom. The van der Waals surface area contributed by atoms with Crippen molar-refractivity contribution in [2.24, 2.45) is 5.73 Å². The highest BCUT2D eigenvalue weighted by atomic mass is 15.2. The van der Waals surface area contributed by atoms with Crippen LogP contribution in [0.25, 0.3) is 0 Å². The number of nitrogens with two attached hydrogens (primary N) is 1. The van der Waals surface area contributed by atoms with E-state index >= 15 is 0 Å². The standard InChI is InChI=1S/C15H26N4/c1-4-13-9-12(11-16)10-15(17-13)19-7-5-14(6-8-19)18(2)3/h9-10,14H,4-8,11,16H2,1-3H3. The Hall–Kier alpha value is -1.13. The molecule has 4 heteroatoms. The molecule has 0 aliphatic carbocycles. The van der Waals surface area contributed by atoms with E-state index in [2.05, 4.69) is 43.0 Å². The van der Waals surface area contributed by atoms with Crippen molar-refractivity contribution >= 4 is 5.82 Å². The van der Waals surface area contributed by atoms with Crippen molar-refractivity contribution in [2.45, 2.75) is 38.8 Å². The number of pyridine rings is 1. The highest BCUT2D eigenvalue weighted by Crippen LogP contribution is 2.21. The van der Waals surface area contributed by atoms with Crippen molar-refractivity contribution in [1.82, 2.24) is 9.88 Å². The first kappa shape index (κ1) is 14.3. The van der Waals surface area contributed by atoms with Crippen LogP contribution in [0.1, 0.15) is 31.0 Å². The molecule has 4 nitrogen and oxygen atoms in total. The fourth-order valence-electron chi connectivity index (χ4n) is 2.71. The molecule has 0 spiro atoms. The van der Waals surface area contributed by atoms with Gasteiger partial charge in [-0.05, 0) is 51.1 Å². The fraction of sp³-hybridized carbons (Fsp3) is 0.667. The van der Waals surface area contributed by atoms with E-state index in [0.717, 1.165) is 31.0 Å². The second-order valence-corrected chi connectivity index (χ2v) is 5.56. The van der Waals surface area contributed by atoms with Crippen LogP contribution < -0.4 is 10.6 Å². The normalized spacial score (nSPS) is 17.2. The molecule has 1 fully saturated rings. The summed E-state index contributed by atoms with van der Waals surface area (Å²) in [6, 6.07) is 4.98. The Balaban J connectivity index is 2.10. The Morgan fingerprint density at radius 3 is 2.53 bits per heavy atom. The summed E-state index contributed by atoms with van der Waals surface area (Å²) in [5.74, 6) is 1.11. The van der Waals surface area contributed by atoms with Gasteiger partial charge in [-0.1, -0.05) is 6.92 Å². The van der Waals surface area contributed by atoms with Crippen molar-refractivity contribution in [3.8, 4) is 0 Å². The van der Waals surface area contributed by atoms with Gasteiger partial charge >= 0.3 is 0 Å². The lowest BCUT2D eigenvalue weighted by Crippen LogP contribution is -2.42. The summed E-state index contributed by atoms with van der Waals surface area (Å²) in [6.45, 7) is 4.92. The second kappa shape index (κ2) is 6.35. The molecule has 0 amide bonds. The number of aromatic nitrogens is 1. The van der Waals surface area contributed by atoms with Gasteiger partial charge in [-0.15, -0.1) is 0 Å². The summed E-state index contributed by atoms with van der Waals surface area (Å²) in [5.41, 5.74) is 8.12. The van der Waals surface area contributed by atoms with Crippen LogP contribution in [0.15, 0.2) is 12.1 Å². The summed E-state index contributed by atoms with van der Waals surface area (Å²) in [5, 5.41) is 0. The van der Waals surface area contributed by atoms with Gasteiger partial charge in [-0.3, -0.25) is 0 Å². The lowest BCUT2D eigenvalue weighted by atomic mass is 10.0. The molecule has 0 radical (unpaired) electrons. The second-order valence-electron chi connectivity index (χ2n) is 5.56. The maximum atomic E-state index is 5.78. The zero-order valence-electron chi connectivity index (χ0n) is 12.4. The molecule has 2 rings (SSSR count). The van der Waals surface area contributed by atoms with E-state index in [1.807, 2.05) is 0 Å². The first-order valence-electron chi connectivity index (χ1n) is 7.25. The molecule has 0 aromatic carbocycles. The Morgan fingerprint density at radius 2 is 2.00 bits per heavy atom. The predicted octanol–water partition coefficient (Wildman–Crippen LogP) is 1.63. The van der Waals surface area contributed by atoms with Crippen LogP contribution in [0.4, 0.5) is 5.82 Å². The van der Waals surface area contributed by atoms with Gasteiger partial charge in [0.2, 0.25) is 0 Å². The third kappa shape index (κ3) is 3.45. The Bertz CT molecular complexity index is 386. The first-order valence-corrected chi connectivity index (χ1v) is 7.25. The monoisotopic (exact) mass is 262 g/mol. The van der Waals surface area contributed by atoms with E-state index in [1.165, 1.54) is 18.4 Å². The van der Waals surface area contributed by atoms with Crippen LogP contribution in [0, 0.1) is 0 Å². The highest BCUT2D eigenvalue weighted by molar-refractivity contribution is 5.43.